The van der Waals surface area contributed by atoms with E-state index in [0.29, 0.717) is 18.4 Å². The molecule has 1 saturated carbocycles. The van der Waals surface area contributed by atoms with E-state index in [1.165, 1.54) is 7.11 Å². The van der Waals surface area contributed by atoms with E-state index in [9.17, 15) is 19.7 Å². The van der Waals surface area contributed by atoms with Crippen molar-refractivity contribution in [3.8, 4) is 0 Å². The molecule has 21 heavy (non-hydrogen) atoms. The van der Waals surface area contributed by atoms with Gasteiger partial charge in [0.15, 0.2) is 5.78 Å². The van der Waals surface area contributed by atoms with Crippen LogP contribution in [0.25, 0.3) is 0 Å². The van der Waals surface area contributed by atoms with Crippen molar-refractivity contribution in [1.82, 2.24) is 0 Å². The number of Topliss-reactive ketones (excluding diaryl/α,β-unsaturated/α-hetero) is 1. The minimum atomic E-state index is -1.43. The third kappa shape index (κ3) is 2.66. The van der Waals surface area contributed by atoms with Gasteiger partial charge in [-0.1, -0.05) is 30.3 Å². The van der Waals surface area contributed by atoms with E-state index >= 15 is 0 Å². The molecule has 0 spiro atoms. The number of ether oxygens (including phenoxy) is 1. The van der Waals surface area contributed by atoms with Gasteiger partial charge in [0.2, 0.25) is 6.54 Å². The number of nitro groups is 1. The van der Waals surface area contributed by atoms with E-state index < -0.39 is 28.8 Å². The summed E-state index contributed by atoms with van der Waals surface area (Å²) in [5.74, 6) is -1.72. The second-order valence-corrected chi connectivity index (χ2v) is 5.22. The van der Waals surface area contributed by atoms with Gasteiger partial charge in [0.1, 0.15) is 5.41 Å². The highest BCUT2D eigenvalue weighted by Gasteiger charge is 2.57. The van der Waals surface area contributed by atoms with Crippen molar-refractivity contribution in [1.29, 1.82) is 0 Å². The highest BCUT2D eigenvalue weighted by molar-refractivity contribution is 6.06. The number of carbonyl (C=O) groups excluding carboxylic acids is 2. The first-order valence-corrected chi connectivity index (χ1v) is 6.81. The van der Waals surface area contributed by atoms with Gasteiger partial charge in [-0.25, -0.2) is 0 Å². The first kappa shape index (κ1) is 15.2. The minimum Gasteiger partial charge on any atom is -0.468 e. The summed E-state index contributed by atoms with van der Waals surface area (Å²) in [6.07, 6.45) is 1.11. The molecule has 6 nitrogen and oxygen atoms in total. The zero-order valence-corrected chi connectivity index (χ0v) is 11.8. The standard InChI is InChI=1S/C15H17NO5/c1-21-14(18)15(9-5-8-13(15)17)12(10-16(19)20)11-6-3-2-4-7-11/h2-4,6-7,12H,5,8-10H2,1H3/t12-,15?/m0/s1. The van der Waals surface area contributed by atoms with Crippen LogP contribution < -0.4 is 0 Å². The van der Waals surface area contributed by atoms with Crippen molar-refractivity contribution in [3.63, 3.8) is 0 Å². The molecule has 0 heterocycles. The third-order valence-corrected chi connectivity index (χ3v) is 4.15. The Balaban J connectivity index is 2.53. The van der Waals surface area contributed by atoms with Crippen LogP contribution in [0.4, 0.5) is 0 Å². The fourth-order valence-electron chi connectivity index (χ4n) is 3.18. The molecule has 1 aliphatic carbocycles. The van der Waals surface area contributed by atoms with Crippen LogP contribution in [0.1, 0.15) is 30.7 Å². The van der Waals surface area contributed by atoms with E-state index in [1.807, 2.05) is 0 Å². The monoisotopic (exact) mass is 291 g/mol. The summed E-state index contributed by atoms with van der Waals surface area (Å²) in [7, 11) is 1.21. The zero-order chi connectivity index (χ0) is 15.5. The lowest BCUT2D eigenvalue weighted by molar-refractivity contribution is -0.485. The van der Waals surface area contributed by atoms with E-state index in [0.717, 1.165) is 0 Å². The van der Waals surface area contributed by atoms with Gasteiger partial charge in [-0.05, 0) is 18.4 Å². The Morgan fingerprint density at radius 3 is 2.57 bits per heavy atom. The average Bonchev–Trinajstić information content (AvgIpc) is 2.87. The molecule has 1 aliphatic rings. The number of nitrogens with zero attached hydrogens (tertiary/aromatic N) is 1. The van der Waals surface area contributed by atoms with E-state index in [1.54, 1.807) is 30.3 Å². The van der Waals surface area contributed by atoms with Gasteiger partial charge in [-0.3, -0.25) is 19.7 Å². The molecule has 0 saturated heterocycles. The third-order valence-electron chi connectivity index (χ3n) is 4.15. The van der Waals surface area contributed by atoms with Crippen LogP contribution in [-0.4, -0.2) is 30.3 Å². The molecule has 1 aromatic rings. The van der Waals surface area contributed by atoms with Crippen LogP contribution in [0.2, 0.25) is 0 Å². The maximum Gasteiger partial charge on any atom is 0.320 e. The Bertz CT molecular complexity index is 556. The number of rotatable bonds is 5. The van der Waals surface area contributed by atoms with Gasteiger partial charge in [0, 0.05) is 11.3 Å². The minimum absolute atomic E-state index is 0.259. The summed E-state index contributed by atoms with van der Waals surface area (Å²) in [6.45, 7) is -0.467. The largest absolute Gasteiger partial charge is 0.468 e. The molecule has 6 heteroatoms. The number of ketones is 1. The van der Waals surface area contributed by atoms with E-state index in [-0.39, 0.29) is 12.2 Å². The van der Waals surface area contributed by atoms with Crippen LogP contribution in [0.3, 0.4) is 0 Å². The Kier molecular flexibility index (Phi) is 4.35. The Labute approximate surface area is 122 Å². The van der Waals surface area contributed by atoms with Crippen LogP contribution in [0.5, 0.6) is 0 Å². The van der Waals surface area contributed by atoms with Crippen molar-refractivity contribution in [2.45, 2.75) is 25.2 Å². The Morgan fingerprint density at radius 2 is 2.10 bits per heavy atom. The molecule has 1 aromatic carbocycles. The molecular weight excluding hydrogens is 274 g/mol. The number of hydrogen-bond donors (Lipinski definition) is 0. The van der Waals surface area contributed by atoms with Crippen molar-refractivity contribution in [2.24, 2.45) is 5.41 Å². The molecule has 0 N–H and O–H groups in total. The molecule has 0 bridgehead atoms. The van der Waals surface area contributed by atoms with Crippen LogP contribution >= 0.6 is 0 Å². The number of carbonyl (C=O) groups is 2. The lowest BCUT2D eigenvalue weighted by Crippen LogP contribution is -2.44. The molecule has 1 unspecified atom stereocenters. The molecule has 0 aliphatic heterocycles. The summed E-state index contributed by atoms with van der Waals surface area (Å²) in [6, 6.07) is 8.70. The van der Waals surface area contributed by atoms with Gasteiger partial charge < -0.3 is 4.74 Å². The smallest absolute Gasteiger partial charge is 0.320 e. The fraction of sp³-hybridized carbons (Fsp3) is 0.467. The SMILES string of the molecule is COC(=O)C1([C@@H](C[N+](=O)[O-])c2ccccc2)CCCC1=O. The van der Waals surface area contributed by atoms with Gasteiger partial charge >= 0.3 is 5.97 Å². The summed E-state index contributed by atoms with van der Waals surface area (Å²) >= 11 is 0. The number of methoxy groups -OCH3 is 1. The molecule has 112 valence electrons. The van der Waals surface area contributed by atoms with Crippen LogP contribution in [0, 0.1) is 15.5 Å². The molecule has 2 rings (SSSR count). The second-order valence-electron chi connectivity index (χ2n) is 5.22. The summed E-state index contributed by atoms with van der Waals surface area (Å²) < 4.78 is 4.81. The van der Waals surface area contributed by atoms with Crippen LogP contribution in [-0.2, 0) is 14.3 Å². The average molecular weight is 291 g/mol. The highest BCUT2D eigenvalue weighted by atomic mass is 16.6. The molecular formula is C15H17NO5. The van der Waals surface area contributed by atoms with Crippen molar-refractivity contribution in [2.75, 3.05) is 13.7 Å². The van der Waals surface area contributed by atoms with Crippen LogP contribution in [0.15, 0.2) is 30.3 Å². The second kappa shape index (κ2) is 6.03. The molecule has 0 amide bonds. The quantitative estimate of drug-likeness (QED) is 0.358. The summed E-state index contributed by atoms with van der Waals surface area (Å²) in [4.78, 5) is 35.2. The van der Waals surface area contributed by atoms with Gasteiger partial charge in [0.25, 0.3) is 0 Å². The summed E-state index contributed by atoms with van der Waals surface area (Å²) in [5, 5.41) is 11.0. The fourth-order valence-corrected chi connectivity index (χ4v) is 3.18. The molecule has 2 atom stereocenters. The van der Waals surface area contributed by atoms with Gasteiger partial charge in [-0.2, -0.15) is 0 Å². The first-order chi connectivity index (χ1) is 10.0. The zero-order valence-electron chi connectivity index (χ0n) is 11.8. The normalized spacial score (nSPS) is 22.8. The van der Waals surface area contributed by atoms with Crippen molar-refractivity contribution < 1.29 is 19.2 Å². The Morgan fingerprint density at radius 1 is 1.43 bits per heavy atom. The number of esters is 1. The molecule has 1 fully saturated rings. The molecule has 0 aromatic heterocycles. The first-order valence-electron chi connectivity index (χ1n) is 6.81. The van der Waals surface area contributed by atoms with E-state index in [4.69, 9.17) is 4.74 Å². The Hall–Kier alpha value is -2.24. The maximum absolute atomic E-state index is 12.4. The number of benzene rings is 1. The predicted octanol–water partition coefficient (Wildman–Crippen LogP) is 1.96. The van der Waals surface area contributed by atoms with Crippen molar-refractivity contribution >= 4 is 11.8 Å². The van der Waals surface area contributed by atoms with Gasteiger partial charge in [0.05, 0.1) is 13.0 Å². The topological polar surface area (TPSA) is 86.5 Å². The lowest BCUT2D eigenvalue weighted by Gasteiger charge is -2.31. The highest BCUT2D eigenvalue weighted by Crippen LogP contribution is 2.47. The lowest BCUT2D eigenvalue weighted by atomic mass is 9.70. The van der Waals surface area contributed by atoms with Gasteiger partial charge in [-0.15, -0.1) is 0 Å². The van der Waals surface area contributed by atoms with Crippen molar-refractivity contribution in [3.05, 3.63) is 46.0 Å². The summed E-state index contributed by atoms with van der Waals surface area (Å²) in [5.41, 5.74) is -0.807. The van der Waals surface area contributed by atoms with E-state index in [2.05, 4.69) is 0 Å². The molecule has 0 radical (unpaired) electrons. The predicted molar refractivity (Wildman–Crippen MR) is 74.4 cm³/mol. The maximum atomic E-state index is 12.4. The number of hydrogen-bond acceptors (Lipinski definition) is 5.